The molecule has 6 nitrogen and oxygen atoms in total. The quantitative estimate of drug-likeness (QED) is 0.582. The third kappa shape index (κ3) is 4.59. The number of nitrogens with zero attached hydrogens (tertiary/aromatic N) is 2. The van der Waals surface area contributed by atoms with Crippen molar-refractivity contribution in [2.75, 3.05) is 40.5 Å². The van der Waals surface area contributed by atoms with Gasteiger partial charge in [0.15, 0.2) is 11.5 Å². The lowest BCUT2D eigenvalue weighted by Crippen LogP contribution is -2.39. The van der Waals surface area contributed by atoms with Crippen molar-refractivity contribution in [1.82, 2.24) is 9.88 Å². The molecule has 0 aliphatic carbocycles. The smallest absolute Gasteiger partial charge is 0.247 e. The highest BCUT2D eigenvalue weighted by molar-refractivity contribution is 6.29. The molecule has 0 unspecified atom stereocenters. The van der Waals surface area contributed by atoms with E-state index >= 15 is 0 Å². The van der Waals surface area contributed by atoms with E-state index in [0.717, 1.165) is 16.7 Å². The van der Waals surface area contributed by atoms with Crippen molar-refractivity contribution in [2.24, 2.45) is 0 Å². The molecule has 1 aliphatic heterocycles. The Labute approximate surface area is 163 Å². The van der Waals surface area contributed by atoms with Crippen LogP contribution in [-0.4, -0.2) is 56.3 Å². The largest absolute Gasteiger partial charge is 0.493 e. The minimum atomic E-state index is -0.0713. The molecule has 0 N–H and O–H groups in total. The van der Waals surface area contributed by atoms with Crippen LogP contribution in [0.2, 0.25) is 5.15 Å². The molecule has 0 radical (unpaired) electrons. The molecule has 1 saturated heterocycles. The van der Waals surface area contributed by atoms with E-state index in [1.54, 1.807) is 37.5 Å². The lowest BCUT2D eigenvalue weighted by Gasteiger charge is -2.26. The van der Waals surface area contributed by atoms with Gasteiger partial charge in [0.1, 0.15) is 5.15 Å². The third-order valence-corrected chi connectivity index (χ3v) is 4.55. The van der Waals surface area contributed by atoms with Gasteiger partial charge < -0.3 is 19.1 Å². The zero-order valence-corrected chi connectivity index (χ0v) is 16.0. The van der Waals surface area contributed by atoms with E-state index in [1.165, 1.54) is 0 Å². The molecule has 1 fully saturated rings. The van der Waals surface area contributed by atoms with Gasteiger partial charge in [0.2, 0.25) is 5.91 Å². The van der Waals surface area contributed by atoms with Crippen LogP contribution < -0.4 is 9.47 Å². The SMILES string of the molecule is COc1ccc(C(=CC(=O)N2CCOCC2)c2ccc(Cl)nc2)cc1OC. The molecule has 27 heavy (non-hydrogen) atoms. The van der Waals surface area contributed by atoms with E-state index in [4.69, 9.17) is 25.8 Å². The van der Waals surface area contributed by atoms with E-state index in [9.17, 15) is 4.79 Å². The number of hydrogen-bond acceptors (Lipinski definition) is 5. The first kappa shape index (κ1) is 19.2. The summed E-state index contributed by atoms with van der Waals surface area (Å²) in [6.45, 7) is 2.25. The first-order valence-electron chi connectivity index (χ1n) is 8.55. The van der Waals surface area contributed by atoms with Gasteiger partial charge in [0.05, 0.1) is 27.4 Å². The van der Waals surface area contributed by atoms with Crippen molar-refractivity contribution in [3.05, 3.63) is 58.9 Å². The molecule has 2 heterocycles. The Morgan fingerprint density at radius 2 is 1.81 bits per heavy atom. The van der Waals surface area contributed by atoms with Gasteiger partial charge in [0.25, 0.3) is 0 Å². The summed E-state index contributed by atoms with van der Waals surface area (Å²) >= 11 is 5.92. The van der Waals surface area contributed by atoms with E-state index in [1.807, 2.05) is 24.3 Å². The summed E-state index contributed by atoms with van der Waals surface area (Å²) in [5, 5.41) is 0.393. The van der Waals surface area contributed by atoms with E-state index < -0.39 is 0 Å². The third-order valence-electron chi connectivity index (χ3n) is 4.32. The van der Waals surface area contributed by atoms with Gasteiger partial charge in [-0.3, -0.25) is 4.79 Å². The van der Waals surface area contributed by atoms with Crippen LogP contribution in [0.25, 0.3) is 5.57 Å². The summed E-state index contributed by atoms with van der Waals surface area (Å²) in [6, 6.07) is 9.07. The Bertz CT molecular complexity index is 830. The highest BCUT2D eigenvalue weighted by Gasteiger charge is 2.18. The molecule has 1 aromatic carbocycles. The first-order valence-corrected chi connectivity index (χ1v) is 8.93. The van der Waals surface area contributed by atoms with Crippen LogP contribution in [0.1, 0.15) is 11.1 Å². The van der Waals surface area contributed by atoms with Crippen LogP contribution in [-0.2, 0) is 9.53 Å². The number of aromatic nitrogens is 1. The minimum absolute atomic E-state index is 0.0713. The maximum Gasteiger partial charge on any atom is 0.247 e. The Kier molecular flexibility index (Phi) is 6.32. The number of benzene rings is 1. The molecule has 1 aromatic heterocycles. The van der Waals surface area contributed by atoms with Crippen molar-refractivity contribution in [1.29, 1.82) is 0 Å². The standard InChI is InChI=1S/C20H21ClN2O4/c1-25-17-5-3-14(11-18(17)26-2)16(15-4-6-19(21)22-13-15)12-20(24)23-7-9-27-10-8-23/h3-6,11-13H,7-10H2,1-2H3. The zero-order chi connectivity index (χ0) is 19.2. The molecule has 0 saturated carbocycles. The fourth-order valence-corrected chi connectivity index (χ4v) is 2.98. The molecular weight excluding hydrogens is 368 g/mol. The lowest BCUT2D eigenvalue weighted by molar-refractivity contribution is -0.129. The average Bonchev–Trinajstić information content (AvgIpc) is 2.72. The fraction of sp³-hybridized carbons (Fsp3) is 0.300. The summed E-state index contributed by atoms with van der Waals surface area (Å²) in [4.78, 5) is 18.7. The van der Waals surface area contributed by atoms with Gasteiger partial charge in [-0.25, -0.2) is 4.98 Å². The summed E-state index contributed by atoms with van der Waals surface area (Å²) in [5.74, 6) is 1.13. The number of rotatable bonds is 5. The molecule has 1 amide bonds. The normalized spacial score (nSPS) is 14.8. The number of carbonyl (C=O) groups is 1. The molecule has 0 bridgehead atoms. The molecule has 2 aromatic rings. The van der Waals surface area contributed by atoms with Gasteiger partial charge in [0, 0.05) is 30.9 Å². The summed E-state index contributed by atoms with van der Waals surface area (Å²) in [5.41, 5.74) is 2.34. The second-order valence-corrected chi connectivity index (χ2v) is 6.32. The number of pyridine rings is 1. The summed E-state index contributed by atoms with van der Waals surface area (Å²) < 4.78 is 16.0. The zero-order valence-electron chi connectivity index (χ0n) is 15.3. The van der Waals surface area contributed by atoms with Gasteiger partial charge in [-0.15, -0.1) is 0 Å². The molecule has 142 valence electrons. The molecule has 1 aliphatic rings. The van der Waals surface area contributed by atoms with Gasteiger partial charge >= 0.3 is 0 Å². The van der Waals surface area contributed by atoms with Gasteiger partial charge in [-0.05, 0) is 35.4 Å². The Morgan fingerprint density at radius 1 is 1.11 bits per heavy atom. The number of carbonyl (C=O) groups excluding carboxylic acids is 1. The Morgan fingerprint density at radius 3 is 2.44 bits per heavy atom. The van der Waals surface area contributed by atoms with Crippen LogP contribution in [0.15, 0.2) is 42.6 Å². The van der Waals surface area contributed by atoms with Crippen molar-refractivity contribution in [3.63, 3.8) is 0 Å². The molecule has 0 spiro atoms. The van der Waals surface area contributed by atoms with Crippen molar-refractivity contribution >= 4 is 23.1 Å². The number of morpholine rings is 1. The Balaban J connectivity index is 2.03. The topological polar surface area (TPSA) is 60.9 Å². The maximum atomic E-state index is 12.8. The number of ether oxygens (including phenoxy) is 3. The lowest BCUT2D eigenvalue weighted by atomic mass is 9.98. The molecular formula is C20H21ClN2O4. The summed E-state index contributed by atoms with van der Waals surface area (Å²) in [6.07, 6.45) is 3.27. The average molecular weight is 389 g/mol. The number of methoxy groups -OCH3 is 2. The highest BCUT2D eigenvalue weighted by atomic mass is 35.5. The van der Waals surface area contributed by atoms with Crippen molar-refractivity contribution < 1.29 is 19.0 Å². The minimum Gasteiger partial charge on any atom is -0.493 e. The second-order valence-electron chi connectivity index (χ2n) is 5.94. The van der Waals surface area contributed by atoms with Crippen LogP contribution in [0.4, 0.5) is 0 Å². The fourth-order valence-electron chi connectivity index (χ4n) is 2.87. The number of hydrogen-bond donors (Lipinski definition) is 0. The number of amides is 1. The van der Waals surface area contributed by atoms with Crippen molar-refractivity contribution in [3.8, 4) is 11.5 Å². The van der Waals surface area contributed by atoms with Crippen LogP contribution in [0.3, 0.4) is 0 Å². The predicted molar refractivity (Wildman–Crippen MR) is 103 cm³/mol. The van der Waals surface area contributed by atoms with Crippen LogP contribution >= 0.6 is 11.6 Å². The predicted octanol–water partition coefficient (Wildman–Crippen LogP) is 3.04. The van der Waals surface area contributed by atoms with Crippen LogP contribution in [0.5, 0.6) is 11.5 Å². The van der Waals surface area contributed by atoms with Crippen LogP contribution in [0, 0.1) is 0 Å². The first-order chi connectivity index (χ1) is 13.1. The van der Waals surface area contributed by atoms with E-state index in [-0.39, 0.29) is 5.91 Å². The van der Waals surface area contributed by atoms with Gasteiger partial charge in [-0.2, -0.15) is 0 Å². The maximum absolute atomic E-state index is 12.8. The van der Waals surface area contributed by atoms with E-state index in [2.05, 4.69) is 4.98 Å². The second kappa shape index (κ2) is 8.88. The van der Waals surface area contributed by atoms with E-state index in [0.29, 0.717) is 43.0 Å². The monoisotopic (exact) mass is 388 g/mol. The Hall–Kier alpha value is -2.57. The number of halogens is 1. The molecule has 0 atom stereocenters. The molecule has 7 heteroatoms. The van der Waals surface area contributed by atoms with Crippen molar-refractivity contribution in [2.45, 2.75) is 0 Å². The molecule has 3 rings (SSSR count). The van der Waals surface area contributed by atoms with Gasteiger partial charge in [-0.1, -0.05) is 17.7 Å². The highest BCUT2D eigenvalue weighted by Crippen LogP contribution is 2.33. The summed E-state index contributed by atoms with van der Waals surface area (Å²) in [7, 11) is 3.16.